The number of alkyl halides is 1. The van der Waals surface area contributed by atoms with Gasteiger partial charge in [0.25, 0.3) is 0 Å². The van der Waals surface area contributed by atoms with Crippen LogP contribution in [0.5, 0.6) is 5.75 Å². The minimum atomic E-state index is -0.141. The topological polar surface area (TPSA) is 46.6 Å². The van der Waals surface area contributed by atoms with E-state index in [2.05, 4.69) is 0 Å². The molecule has 4 nitrogen and oxygen atoms in total. The summed E-state index contributed by atoms with van der Waals surface area (Å²) >= 11 is 5.59. The summed E-state index contributed by atoms with van der Waals surface area (Å²) in [7, 11) is 1.60. The van der Waals surface area contributed by atoms with E-state index >= 15 is 0 Å². The van der Waals surface area contributed by atoms with E-state index in [0.717, 1.165) is 11.3 Å². The number of hydrogen-bond acceptors (Lipinski definition) is 3. The van der Waals surface area contributed by atoms with Gasteiger partial charge in [0.2, 0.25) is 11.8 Å². The lowest BCUT2D eigenvalue weighted by molar-refractivity contribution is -0.148. The molecule has 0 N–H and O–H groups in total. The van der Waals surface area contributed by atoms with Crippen molar-refractivity contribution in [2.45, 2.75) is 18.8 Å². The normalized spacial score (nSPS) is 16.8. The van der Waals surface area contributed by atoms with Gasteiger partial charge in [-0.15, -0.1) is 11.6 Å². The van der Waals surface area contributed by atoms with Crippen molar-refractivity contribution in [2.75, 3.05) is 19.5 Å². The van der Waals surface area contributed by atoms with Crippen LogP contribution in [0.1, 0.15) is 24.3 Å². The molecule has 0 aromatic heterocycles. The summed E-state index contributed by atoms with van der Waals surface area (Å²) in [6.45, 7) is 0.300. The second-order valence-electron chi connectivity index (χ2n) is 4.51. The number of carbonyl (C=O) groups is 2. The second kappa shape index (κ2) is 6.06. The van der Waals surface area contributed by atoms with Gasteiger partial charge in [0.05, 0.1) is 7.11 Å². The highest BCUT2D eigenvalue weighted by Gasteiger charge is 2.32. The Bertz CT molecular complexity index is 454. The fourth-order valence-electron chi connectivity index (χ4n) is 2.30. The van der Waals surface area contributed by atoms with Crippen LogP contribution in [0, 0.1) is 0 Å². The fraction of sp³-hybridized carbons (Fsp3) is 0.429. The molecule has 102 valence electrons. The molecule has 0 aliphatic carbocycles. The molecule has 1 aliphatic heterocycles. The lowest BCUT2D eigenvalue weighted by Crippen LogP contribution is -2.43. The van der Waals surface area contributed by atoms with E-state index < -0.39 is 0 Å². The summed E-state index contributed by atoms with van der Waals surface area (Å²) in [5.74, 6) is 0.721. The summed E-state index contributed by atoms with van der Waals surface area (Å²) < 4.78 is 5.09. The average Bonchev–Trinajstić information content (AvgIpc) is 2.43. The van der Waals surface area contributed by atoms with Crippen molar-refractivity contribution < 1.29 is 14.3 Å². The van der Waals surface area contributed by atoms with Crippen molar-refractivity contribution in [1.29, 1.82) is 0 Å². The van der Waals surface area contributed by atoms with Crippen LogP contribution < -0.4 is 4.74 Å². The predicted octanol–water partition coefficient (Wildman–Crippen LogP) is 2.17. The molecular weight excluding hydrogens is 266 g/mol. The van der Waals surface area contributed by atoms with Crippen LogP contribution in [-0.4, -0.2) is 36.2 Å². The molecule has 0 radical (unpaired) electrons. The molecule has 0 atom stereocenters. The molecule has 2 rings (SSSR count). The molecular formula is C14H16ClNO3. The molecule has 1 heterocycles. The lowest BCUT2D eigenvalue weighted by Gasteiger charge is -2.29. The van der Waals surface area contributed by atoms with Gasteiger partial charge in [-0.3, -0.25) is 14.5 Å². The number of carbonyl (C=O) groups excluding carboxylic acids is 2. The summed E-state index contributed by atoms with van der Waals surface area (Å²) in [6, 6.07) is 7.49. The van der Waals surface area contributed by atoms with E-state index in [0.29, 0.717) is 19.4 Å². The Morgan fingerprint density at radius 2 is 1.79 bits per heavy atom. The van der Waals surface area contributed by atoms with Crippen LogP contribution >= 0.6 is 11.6 Å². The molecule has 2 amide bonds. The summed E-state index contributed by atoms with van der Waals surface area (Å²) in [6.07, 6.45) is 0.712. The van der Waals surface area contributed by atoms with Crippen LogP contribution in [-0.2, 0) is 9.59 Å². The Morgan fingerprint density at radius 1 is 1.21 bits per heavy atom. The molecule has 5 heteroatoms. The maximum atomic E-state index is 11.9. The van der Waals surface area contributed by atoms with E-state index in [1.165, 1.54) is 4.90 Å². The minimum Gasteiger partial charge on any atom is -0.497 e. The quantitative estimate of drug-likeness (QED) is 0.628. The molecule has 1 aromatic carbocycles. The fourth-order valence-corrected chi connectivity index (χ4v) is 2.47. The highest BCUT2D eigenvalue weighted by atomic mass is 35.5. The zero-order chi connectivity index (χ0) is 13.8. The van der Waals surface area contributed by atoms with Crippen molar-refractivity contribution in [3.05, 3.63) is 29.8 Å². The summed E-state index contributed by atoms with van der Waals surface area (Å²) in [5, 5.41) is 0. The highest BCUT2D eigenvalue weighted by molar-refractivity contribution is 6.18. The van der Waals surface area contributed by atoms with Gasteiger partial charge < -0.3 is 4.74 Å². The van der Waals surface area contributed by atoms with Crippen LogP contribution in [0.15, 0.2) is 24.3 Å². The van der Waals surface area contributed by atoms with Crippen molar-refractivity contribution in [3.8, 4) is 5.75 Å². The standard InChI is InChI=1S/C14H16ClNO3/c1-19-12-4-2-10(3-5-12)11-8-13(17)16(7-6-15)14(18)9-11/h2-5,11H,6-9H2,1H3. The van der Waals surface area contributed by atoms with Crippen molar-refractivity contribution in [3.63, 3.8) is 0 Å². The Kier molecular flexibility index (Phi) is 4.43. The van der Waals surface area contributed by atoms with Gasteiger partial charge >= 0.3 is 0 Å². The molecule has 0 saturated carbocycles. The molecule has 0 bridgehead atoms. The zero-order valence-corrected chi connectivity index (χ0v) is 11.5. The molecule has 1 aliphatic rings. The van der Waals surface area contributed by atoms with Gasteiger partial charge in [0.15, 0.2) is 0 Å². The number of rotatable bonds is 4. The van der Waals surface area contributed by atoms with E-state index in [1.807, 2.05) is 24.3 Å². The molecule has 1 fully saturated rings. The van der Waals surface area contributed by atoms with Crippen molar-refractivity contribution in [1.82, 2.24) is 4.90 Å². The monoisotopic (exact) mass is 281 g/mol. The molecule has 0 unspecified atom stereocenters. The Hall–Kier alpha value is -1.55. The Balaban J connectivity index is 2.11. The van der Waals surface area contributed by atoms with Gasteiger partial charge in [-0.1, -0.05) is 12.1 Å². The smallest absolute Gasteiger partial charge is 0.229 e. The van der Waals surface area contributed by atoms with Crippen LogP contribution in [0.25, 0.3) is 0 Å². The van der Waals surface area contributed by atoms with E-state index in [-0.39, 0.29) is 23.6 Å². The number of piperidine rings is 1. The Morgan fingerprint density at radius 3 is 2.26 bits per heavy atom. The number of halogens is 1. The molecule has 19 heavy (non-hydrogen) atoms. The number of methoxy groups -OCH3 is 1. The Labute approximate surface area is 117 Å². The first-order chi connectivity index (χ1) is 9.15. The van der Waals surface area contributed by atoms with Gasteiger partial charge in [-0.05, 0) is 17.7 Å². The number of nitrogens with zero attached hydrogens (tertiary/aromatic N) is 1. The van der Waals surface area contributed by atoms with Gasteiger partial charge in [0.1, 0.15) is 5.75 Å². The van der Waals surface area contributed by atoms with Crippen LogP contribution in [0.3, 0.4) is 0 Å². The SMILES string of the molecule is COc1ccc(C2CC(=O)N(CCCl)C(=O)C2)cc1. The maximum Gasteiger partial charge on any atom is 0.229 e. The first-order valence-corrected chi connectivity index (χ1v) is 6.72. The van der Waals surface area contributed by atoms with Crippen molar-refractivity contribution in [2.24, 2.45) is 0 Å². The summed E-state index contributed by atoms with van der Waals surface area (Å²) in [5.41, 5.74) is 0.994. The number of benzene rings is 1. The predicted molar refractivity (Wildman–Crippen MR) is 72.4 cm³/mol. The molecule has 0 spiro atoms. The third-order valence-corrected chi connectivity index (χ3v) is 3.51. The second-order valence-corrected chi connectivity index (χ2v) is 4.88. The third kappa shape index (κ3) is 3.07. The van der Waals surface area contributed by atoms with Crippen LogP contribution in [0.4, 0.5) is 0 Å². The van der Waals surface area contributed by atoms with E-state index in [4.69, 9.17) is 16.3 Å². The molecule has 1 saturated heterocycles. The number of hydrogen-bond donors (Lipinski definition) is 0. The lowest BCUT2D eigenvalue weighted by atomic mass is 9.88. The first kappa shape index (κ1) is 13.9. The third-order valence-electron chi connectivity index (χ3n) is 3.34. The highest BCUT2D eigenvalue weighted by Crippen LogP contribution is 2.30. The number of ether oxygens (including phenoxy) is 1. The van der Waals surface area contributed by atoms with E-state index in [9.17, 15) is 9.59 Å². The maximum absolute atomic E-state index is 11.9. The average molecular weight is 282 g/mol. The number of imide groups is 1. The molecule has 1 aromatic rings. The summed E-state index contributed by atoms with van der Waals surface area (Å²) in [4.78, 5) is 25.1. The van der Waals surface area contributed by atoms with Crippen LogP contribution in [0.2, 0.25) is 0 Å². The largest absolute Gasteiger partial charge is 0.497 e. The first-order valence-electron chi connectivity index (χ1n) is 6.18. The van der Waals surface area contributed by atoms with Gasteiger partial charge in [0, 0.05) is 31.2 Å². The van der Waals surface area contributed by atoms with Crippen molar-refractivity contribution >= 4 is 23.4 Å². The van der Waals surface area contributed by atoms with E-state index in [1.54, 1.807) is 7.11 Å². The van der Waals surface area contributed by atoms with Gasteiger partial charge in [-0.2, -0.15) is 0 Å². The minimum absolute atomic E-state index is 0.0440. The van der Waals surface area contributed by atoms with Gasteiger partial charge in [-0.25, -0.2) is 0 Å². The number of likely N-dealkylation sites (tertiary alicyclic amines) is 1. The zero-order valence-electron chi connectivity index (χ0n) is 10.8. The number of amides is 2.